The molecule has 190 valence electrons. The second-order valence-corrected chi connectivity index (χ2v) is 9.39. The third kappa shape index (κ3) is 8.96. The zero-order chi connectivity index (χ0) is 24.6. The first-order valence-corrected chi connectivity index (χ1v) is 12.0. The normalized spacial score (nSPS) is 31.1. The Balaban J connectivity index is 2.81. The third-order valence-electron chi connectivity index (χ3n) is 4.78. The molecule has 1 aliphatic rings. The van der Waals surface area contributed by atoms with Crippen molar-refractivity contribution in [3.63, 3.8) is 0 Å². The van der Waals surface area contributed by atoms with Crippen molar-refractivity contribution in [2.75, 3.05) is 6.61 Å². The van der Waals surface area contributed by atoms with Crippen LogP contribution in [0, 0.1) is 0 Å². The number of hydrogen-bond donors (Lipinski definition) is 9. The highest BCUT2D eigenvalue weighted by atomic mass is 32.3. The lowest BCUT2D eigenvalue weighted by atomic mass is 9.98. The Labute approximate surface area is 189 Å². The van der Waals surface area contributed by atoms with Crippen LogP contribution < -0.4 is 0 Å². The molecule has 9 N–H and O–H groups in total. The number of rotatable bonds is 12. The summed E-state index contributed by atoms with van der Waals surface area (Å²) in [6.07, 6.45) is -12.2. The van der Waals surface area contributed by atoms with Crippen molar-refractivity contribution in [2.45, 2.75) is 86.9 Å². The van der Waals surface area contributed by atoms with Gasteiger partial charge in [-0.25, -0.2) is 4.28 Å². The minimum atomic E-state index is -4.97. The summed E-state index contributed by atoms with van der Waals surface area (Å²) in [5.41, 5.74) is -1.31. The molecule has 0 aromatic carbocycles. The molecule has 0 radical (unpaired) electrons. The fourth-order valence-electron chi connectivity index (χ4n) is 2.84. The Bertz CT molecular complexity index is 691. The van der Waals surface area contributed by atoms with Crippen LogP contribution in [0.25, 0.3) is 0 Å². The first-order chi connectivity index (χ1) is 14.8. The Kier molecular flexibility index (Phi) is 12.2. The molecule has 0 aliphatic carbocycles. The van der Waals surface area contributed by atoms with Crippen LogP contribution >= 0.6 is 11.8 Å². The van der Waals surface area contributed by atoms with Gasteiger partial charge < -0.3 is 45.6 Å². The van der Waals surface area contributed by atoms with Gasteiger partial charge in [-0.2, -0.15) is 8.42 Å². The minimum absolute atomic E-state index is 0.0330. The van der Waals surface area contributed by atoms with Gasteiger partial charge in [0.05, 0.1) is 18.8 Å². The zero-order valence-corrected chi connectivity index (χ0v) is 18.8. The Morgan fingerprint density at radius 1 is 1.06 bits per heavy atom. The van der Waals surface area contributed by atoms with Gasteiger partial charge in [0.25, 0.3) is 0 Å². The van der Waals surface area contributed by atoms with E-state index in [1.54, 1.807) is 6.92 Å². The molecular formula is C16H31NO13S2. The smallest absolute Gasteiger partial charge is 0.394 e. The molecular weight excluding hydrogens is 478 g/mol. The van der Waals surface area contributed by atoms with Crippen LogP contribution in [0.4, 0.5) is 0 Å². The van der Waals surface area contributed by atoms with Gasteiger partial charge in [-0.05, 0) is 25.7 Å². The maximum Gasteiger partial charge on any atom is 0.466 e. The van der Waals surface area contributed by atoms with Gasteiger partial charge in [-0.3, -0.25) is 4.55 Å². The van der Waals surface area contributed by atoms with E-state index in [-0.39, 0.29) is 30.7 Å². The lowest BCUT2D eigenvalue weighted by molar-refractivity contribution is -0.205. The SMILES string of the molecule is CCC(O)C(O)C(O)C(O)CCCC(=NOS(=O)(=O)O)SC1OC(CO)C(O)C(O)C1O. The summed E-state index contributed by atoms with van der Waals surface area (Å²) in [5, 5.41) is 81.3. The van der Waals surface area contributed by atoms with Gasteiger partial charge in [-0.1, -0.05) is 23.8 Å². The molecule has 32 heavy (non-hydrogen) atoms. The number of nitrogens with zero attached hydrogens (tertiary/aromatic N) is 1. The second kappa shape index (κ2) is 13.3. The Morgan fingerprint density at radius 3 is 2.19 bits per heavy atom. The standard InChI is InChI=1S/C16H31NO13S2/c1-2-7(19)11(21)12(22)8(20)4-3-5-10(17-30-32(26,27)28)31-16-15(25)14(24)13(23)9(6-18)29-16/h7-9,11-16,18-25H,2-6H2,1H3,(H,26,27,28). The third-order valence-corrected chi connectivity index (χ3v) is 6.22. The lowest BCUT2D eigenvalue weighted by Gasteiger charge is -2.39. The number of aliphatic hydroxyl groups excluding tert-OH is 8. The maximum absolute atomic E-state index is 10.8. The van der Waals surface area contributed by atoms with E-state index in [2.05, 4.69) is 9.44 Å². The summed E-state index contributed by atoms with van der Waals surface area (Å²) >= 11 is 0.576. The summed E-state index contributed by atoms with van der Waals surface area (Å²) in [7, 11) is -4.97. The van der Waals surface area contributed by atoms with E-state index in [9.17, 15) is 49.3 Å². The molecule has 0 amide bonds. The van der Waals surface area contributed by atoms with Crippen molar-refractivity contribution < 1.29 is 62.8 Å². The first-order valence-electron chi connectivity index (χ1n) is 9.74. The molecule has 9 unspecified atom stereocenters. The number of hydrogen-bond acceptors (Lipinski definition) is 14. The van der Waals surface area contributed by atoms with Crippen molar-refractivity contribution in [3.05, 3.63) is 0 Å². The maximum atomic E-state index is 10.8. The molecule has 1 heterocycles. The van der Waals surface area contributed by atoms with Crippen LogP contribution in [-0.2, 0) is 19.4 Å². The minimum Gasteiger partial charge on any atom is -0.394 e. The monoisotopic (exact) mass is 509 g/mol. The number of thioether (sulfide) groups is 1. The number of oxime groups is 1. The quantitative estimate of drug-likeness (QED) is 0.0540. The average Bonchev–Trinajstić information content (AvgIpc) is 2.74. The van der Waals surface area contributed by atoms with Crippen LogP contribution in [0.15, 0.2) is 5.16 Å². The van der Waals surface area contributed by atoms with E-state index >= 15 is 0 Å². The van der Waals surface area contributed by atoms with Gasteiger partial charge >= 0.3 is 10.4 Å². The molecule has 0 aromatic rings. The predicted molar refractivity (Wildman–Crippen MR) is 110 cm³/mol. The van der Waals surface area contributed by atoms with Gasteiger partial charge in [0.2, 0.25) is 0 Å². The van der Waals surface area contributed by atoms with Crippen LogP contribution in [0.3, 0.4) is 0 Å². The predicted octanol–water partition coefficient (Wildman–Crippen LogP) is -3.32. The molecule has 1 saturated heterocycles. The van der Waals surface area contributed by atoms with Gasteiger partial charge in [0.15, 0.2) is 0 Å². The zero-order valence-electron chi connectivity index (χ0n) is 17.2. The lowest BCUT2D eigenvalue weighted by Crippen LogP contribution is -2.57. The molecule has 1 fully saturated rings. The van der Waals surface area contributed by atoms with Gasteiger partial charge in [-0.15, -0.1) is 0 Å². The molecule has 1 rings (SSSR count). The van der Waals surface area contributed by atoms with Gasteiger partial charge in [0, 0.05) is 0 Å². The fourth-order valence-corrected chi connectivity index (χ4v) is 4.18. The molecule has 14 nitrogen and oxygen atoms in total. The van der Waals surface area contributed by atoms with Gasteiger partial charge in [0.1, 0.15) is 47.1 Å². The molecule has 0 saturated carbocycles. The van der Waals surface area contributed by atoms with E-state index < -0.39 is 71.3 Å². The second-order valence-electron chi connectivity index (χ2n) is 7.22. The molecule has 0 aromatic heterocycles. The molecule has 0 spiro atoms. The van der Waals surface area contributed by atoms with Crippen LogP contribution in [-0.4, -0.2) is 120 Å². The fraction of sp³-hybridized carbons (Fsp3) is 0.938. The highest BCUT2D eigenvalue weighted by molar-refractivity contribution is 8.14. The number of aliphatic hydroxyl groups is 8. The van der Waals surface area contributed by atoms with Crippen LogP contribution in [0.5, 0.6) is 0 Å². The highest BCUT2D eigenvalue weighted by Gasteiger charge is 2.44. The van der Waals surface area contributed by atoms with Crippen molar-refractivity contribution in [1.29, 1.82) is 0 Å². The van der Waals surface area contributed by atoms with E-state index in [0.29, 0.717) is 11.8 Å². The highest BCUT2D eigenvalue weighted by Crippen LogP contribution is 2.31. The summed E-state index contributed by atoms with van der Waals surface area (Å²) in [5.74, 6) is 0. The molecule has 16 heteroatoms. The molecule has 0 bridgehead atoms. The molecule has 9 atom stereocenters. The van der Waals surface area contributed by atoms with Crippen LogP contribution in [0.1, 0.15) is 32.6 Å². The number of ether oxygens (including phenoxy) is 1. The van der Waals surface area contributed by atoms with Crippen molar-refractivity contribution in [1.82, 2.24) is 0 Å². The molecule has 1 aliphatic heterocycles. The first kappa shape index (κ1) is 29.4. The van der Waals surface area contributed by atoms with E-state index in [4.69, 9.17) is 9.29 Å². The summed E-state index contributed by atoms with van der Waals surface area (Å²) in [6.45, 7) is 0.882. The van der Waals surface area contributed by atoms with Crippen molar-refractivity contribution in [2.24, 2.45) is 5.16 Å². The largest absolute Gasteiger partial charge is 0.466 e. The average molecular weight is 510 g/mol. The topological polar surface area (TPSA) is 247 Å². The Hall–Kier alpha value is -0.630. The summed E-state index contributed by atoms with van der Waals surface area (Å²) < 4.78 is 39.6. The van der Waals surface area contributed by atoms with Crippen LogP contribution in [0.2, 0.25) is 0 Å². The van der Waals surface area contributed by atoms with E-state index in [0.717, 1.165) is 0 Å². The van der Waals surface area contributed by atoms with Crippen molar-refractivity contribution >= 4 is 27.2 Å². The summed E-state index contributed by atoms with van der Waals surface area (Å²) in [4.78, 5) is 0. The van der Waals surface area contributed by atoms with E-state index in [1.165, 1.54) is 0 Å². The van der Waals surface area contributed by atoms with Crippen molar-refractivity contribution in [3.8, 4) is 0 Å². The van der Waals surface area contributed by atoms with E-state index in [1.807, 2.05) is 0 Å². The Morgan fingerprint density at radius 2 is 1.66 bits per heavy atom. The summed E-state index contributed by atoms with van der Waals surface area (Å²) in [6, 6.07) is 0.